The number of nitrogens with one attached hydrogen (secondary N) is 2. The molecule has 1 heterocycles. The number of carbonyl (C=O) groups excluding carboxylic acids is 1. The highest BCUT2D eigenvalue weighted by atomic mass is 16.2. The molecule has 4 heteroatoms. The van der Waals surface area contributed by atoms with Gasteiger partial charge in [0.15, 0.2) is 0 Å². The molecule has 1 rings (SSSR count). The summed E-state index contributed by atoms with van der Waals surface area (Å²) in [5.74, 6) is 0.120. The van der Waals surface area contributed by atoms with Crippen molar-refractivity contribution in [3.05, 3.63) is 0 Å². The van der Waals surface area contributed by atoms with Crippen LogP contribution in [-0.4, -0.2) is 36.8 Å². The maximum atomic E-state index is 11.7. The third kappa shape index (κ3) is 4.49. The third-order valence-electron chi connectivity index (χ3n) is 3.13. The van der Waals surface area contributed by atoms with Crippen LogP contribution in [0.3, 0.4) is 0 Å². The normalized spacial score (nSPS) is 21.1. The molecular formula is C12H24N2O2. The molecule has 1 amide bonds. The van der Waals surface area contributed by atoms with Crippen molar-refractivity contribution in [1.29, 1.82) is 0 Å². The summed E-state index contributed by atoms with van der Waals surface area (Å²) in [5.41, 5.74) is 0.0665. The van der Waals surface area contributed by atoms with Gasteiger partial charge in [-0.1, -0.05) is 13.8 Å². The van der Waals surface area contributed by atoms with Crippen LogP contribution in [0.5, 0.6) is 0 Å². The summed E-state index contributed by atoms with van der Waals surface area (Å²) in [4.78, 5) is 11.7. The minimum atomic E-state index is 0.00800. The van der Waals surface area contributed by atoms with Gasteiger partial charge in [-0.3, -0.25) is 4.79 Å². The van der Waals surface area contributed by atoms with Crippen LogP contribution in [0, 0.1) is 5.41 Å². The van der Waals surface area contributed by atoms with E-state index in [-0.39, 0.29) is 24.0 Å². The fraction of sp³-hybridized carbons (Fsp3) is 0.917. The monoisotopic (exact) mass is 228 g/mol. The Morgan fingerprint density at radius 2 is 2.31 bits per heavy atom. The first-order chi connectivity index (χ1) is 7.55. The first kappa shape index (κ1) is 13.5. The highest BCUT2D eigenvalue weighted by Crippen LogP contribution is 2.20. The Morgan fingerprint density at radius 1 is 1.56 bits per heavy atom. The summed E-state index contributed by atoms with van der Waals surface area (Å²) < 4.78 is 0. The first-order valence-electron chi connectivity index (χ1n) is 6.17. The second-order valence-electron chi connectivity index (χ2n) is 5.36. The Bertz CT molecular complexity index is 223. The fourth-order valence-corrected chi connectivity index (χ4v) is 2.00. The molecule has 0 aromatic carbocycles. The Balaban J connectivity index is 2.24. The highest BCUT2D eigenvalue weighted by molar-refractivity contribution is 5.82. The summed E-state index contributed by atoms with van der Waals surface area (Å²) in [5, 5.41) is 15.0. The molecule has 0 aromatic rings. The van der Waals surface area contributed by atoms with Crippen LogP contribution >= 0.6 is 0 Å². The molecule has 1 saturated heterocycles. The fourth-order valence-electron chi connectivity index (χ4n) is 2.00. The van der Waals surface area contributed by atoms with Gasteiger partial charge in [-0.2, -0.15) is 0 Å². The maximum absolute atomic E-state index is 11.7. The molecule has 16 heavy (non-hydrogen) atoms. The molecule has 3 N–H and O–H groups in total. The van der Waals surface area contributed by atoms with Crippen molar-refractivity contribution in [3.63, 3.8) is 0 Å². The van der Waals surface area contributed by atoms with Crippen molar-refractivity contribution in [1.82, 2.24) is 10.6 Å². The summed E-state index contributed by atoms with van der Waals surface area (Å²) in [6.45, 7) is 6.09. The lowest BCUT2D eigenvalue weighted by atomic mass is 9.88. The topological polar surface area (TPSA) is 61.4 Å². The van der Waals surface area contributed by atoms with E-state index < -0.39 is 0 Å². The van der Waals surface area contributed by atoms with Crippen LogP contribution in [0.15, 0.2) is 0 Å². The predicted molar refractivity (Wildman–Crippen MR) is 64.1 cm³/mol. The summed E-state index contributed by atoms with van der Waals surface area (Å²) >= 11 is 0. The van der Waals surface area contributed by atoms with Gasteiger partial charge in [0.25, 0.3) is 0 Å². The SMILES string of the molecule is CC(C)(CCCO)CNC(=O)[C@H]1CCCN1. The molecule has 0 unspecified atom stereocenters. The number of hydrogen-bond acceptors (Lipinski definition) is 3. The van der Waals surface area contributed by atoms with E-state index in [1.807, 2.05) is 0 Å². The van der Waals surface area contributed by atoms with Crippen LogP contribution < -0.4 is 10.6 Å². The van der Waals surface area contributed by atoms with Crippen molar-refractivity contribution in [2.75, 3.05) is 19.7 Å². The van der Waals surface area contributed by atoms with E-state index in [1.165, 1.54) is 0 Å². The minimum Gasteiger partial charge on any atom is -0.396 e. The molecule has 0 saturated carbocycles. The number of hydrogen-bond donors (Lipinski definition) is 3. The zero-order valence-corrected chi connectivity index (χ0v) is 10.4. The Labute approximate surface area is 97.8 Å². The van der Waals surface area contributed by atoms with Crippen LogP contribution in [0.2, 0.25) is 0 Å². The number of carbonyl (C=O) groups is 1. The summed E-state index contributed by atoms with van der Waals surface area (Å²) in [7, 11) is 0. The zero-order chi connectivity index (χ0) is 12.0. The van der Waals surface area contributed by atoms with Gasteiger partial charge in [0.05, 0.1) is 6.04 Å². The molecule has 0 spiro atoms. The van der Waals surface area contributed by atoms with Crippen molar-refractivity contribution in [2.45, 2.75) is 45.6 Å². The second-order valence-corrected chi connectivity index (χ2v) is 5.36. The summed E-state index contributed by atoms with van der Waals surface area (Å²) in [6.07, 6.45) is 3.77. The van der Waals surface area contributed by atoms with Crippen LogP contribution in [0.25, 0.3) is 0 Å². The molecule has 1 atom stereocenters. The Kier molecular flexibility index (Phi) is 5.22. The molecule has 0 aliphatic carbocycles. The molecule has 94 valence electrons. The van der Waals surface area contributed by atoms with E-state index in [1.54, 1.807) is 0 Å². The van der Waals surface area contributed by atoms with Crippen molar-refractivity contribution < 1.29 is 9.90 Å². The molecule has 1 aliphatic rings. The second kappa shape index (κ2) is 6.21. The van der Waals surface area contributed by atoms with Gasteiger partial charge in [0.2, 0.25) is 5.91 Å². The van der Waals surface area contributed by atoms with Gasteiger partial charge in [0.1, 0.15) is 0 Å². The average Bonchev–Trinajstić information content (AvgIpc) is 2.77. The molecule has 4 nitrogen and oxygen atoms in total. The maximum Gasteiger partial charge on any atom is 0.237 e. The van der Waals surface area contributed by atoms with E-state index in [2.05, 4.69) is 24.5 Å². The van der Waals surface area contributed by atoms with Gasteiger partial charge in [-0.25, -0.2) is 0 Å². The first-order valence-corrected chi connectivity index (χ1v) is 6.17. The van der Waals surface area contributed by atoms with Crippen LogP contribution in [-0.2, 0) is 4.79 Å². The molecule has 0 radical (unpaired) electrons. The number of amides is 1. The number of aliphatic hydroxyl groups excluding tert-OH is 1. The molecule has 0 bridgehead atoms. The smallest absolute Gasteiger partial charge is 0.237 e. The lowest BCUT2D eigenvalue weighted by Gasteiger charge is -2.25. The third-order valence-corrected chi connectivity index (χ3v) is 3.13. The van der Waals surface area contributed by atoms with Crippen molar-refractivity contribution >= 4 is 5.91 Å². The zero-order valence-electron chi connectivity index (χ0n) is 10.4. The quantitative estimate of drug-likeness (QED) is 0.625. The van der Waals surface area contributed by atoms with Crippen molar-refractivity contribution in [2.24, 2.45) is 5.41 Å². The standard InChI is InChI=1S/C12H24N2O2/c1-12(2,6-4-8-15)9-14-11(16)10-5-3-7-13-10/h10,13,15H,3-9H2,1-2H3,(H,14,16)/t10-/m1/s1. The van der Waals surface area contributed by atoms with Crippen LogP contribution in [0.4, 0.5) is 0 Å². The minimum absolute atomic E-state index is 0.00800. The van der Waals surface area contributed by atoms with Crippen molar-refractivity contribution in [3.8, 4) is 0 Å². The lowest BCUT2D eigenvalue weighted by Crippen LogP contribution is -2.43. The average molecular weight is 228 g/mol. The van der Waals surface area contributed by atoms with Gasteiger partial charge < -0.3 is 15.7 Å². The molecular weight excluding hydrogens is 204 g/mol. The van der Waals surface area contributed by atoms with E-state index in [4.69, 9.17) is 5.11 Å². The highest BCUT2D eigenvalue weighted by Gasteiger charge is 2.24. The van der Waals surface area contributed by atoms with E-state index in [0.29, 0.717) is 6.54 Å². The molecule has 1 fully saturated rings. The van der Waals surface area contributed by atoms with Gasteiger partial charge in [-0.15, -0.1) is 0 Å². The predicted octanol–water partition coefficient (Wildman–Crippen LogP) is 0.653. The van der Waals surface area contributed by atoms with Crippen LogP contribution in [0.1, 0.15) is 39.5 Å². The van der Waals surface area contributed by atoms with E-state index >= 15 is 0 Å². The van der Waals surface area contributed by atoms with Gasteiger partial charge in [-0.05, 0) is 37.6 Å². The molecule has 0 aromatic heterocycles. The molecule has 1 aliphatic heterocycles. The number of aliphatic hydroxyl groups is 1. The summed E-state index contributed by atoms with van der Waals surface area (Å²) in [6, 6.07) is 0.00800. The van der Waals surface area contributed by atoms with Gasteiger partial charge >= 0.3 is 0 Å². The van der Waals surface area contributed by atoms with Gasteiger partial charge in [0, 0.05) is 13.2 Å². The van der Waals surface area contributed by atoms with E-state index in [0.717, 1.165) is 32.2 Å². The van der Waals surface area contributed by atoms with E-state index in [9.17, 15) is 4.79 Å². The Morgan fingerprint density at radius 3 is 2.88 bits per heavy atom. The largest absolute Gasteiger partial charge is 0.396 e. The lowest BCUT2D eigenvalue weighted by molar-refractivity contribution is -0.123. The Hall–Kier alpha value is -0.610. The number of rotatable bonds is 6.